The van der Waals surface area contributed by atoms with Crippen molar-refractivity contribution in [1.82, 2.24) is 0 Å². The summed E-state index contributed by atoms with van der Waals surface area (Å²) >= 11 is 0. The molecule has 0 saturated heterocycles. The lowest BCUT2D eigenvalue weighted by Gasteiger charge is -2.00. The van der Waals surface area contributed by atoms with Gasteiger partial charge in [-0.15, -0.1) is 0 Å². The summed E-state index contributed by atoms with van der Waals surface area (Å²) in [6, 6.07) is 9.21. The van der Waals surface area contributed by atoms with Gasteiger partial charge in [0.25, 0.3) is 0 Å². The molecule has 3 nitrogen and oxygen atoms in total. The topological polar surface area (TPSA) is 43.4 Å². The Bertz CT molecular complexity index is 330. The van der Waals surface area contributed by atoms with Gasteiger partial charge in [0.15, 0.2) is 0 Å². The first-order valence-corrected chi connectivity index (χ1v) is 4.91. The second-order valence-electron chi connectivity index (χ2n) is 3.15. The largest absolute Gasteiger partial charge is 0.373 e. The lowest BCUT2D eigenvalue weighted by molar-refractivity contribution is -0.138. The number of benzene rings is 1. The van der Waals surface area contributed by atoms with E-state index in [4.69, 9.17) is 4.74 Å². The van der Waals surface area contributed by atoms with Crippen LogP contribution in [0.1, 0.15) is 12.5 Å². The van der Waals surface area contributed by atoms with Crippen LogP contribution in [0.5, 0.6) is 0 Å². The minimum Gasteiger partial charge on any atom is -0.373 e. The highest BCUT2D eigenvalue weighted by Gasteiger charge is 2.13. The molecule has 0 amide bonds. The lowest BCUT2D eigenvalue weighted by atomic mass is 10.1. The molecule has 0 N–H and O–H groups in total. The van der Waals surface area contributed by atoms with Gasteiger partial charge < -0.3 is 4.74 Å². The Morgan fingerprint density at radius 1 is 1.13 bits per heavy atom. The van der Waals surface area contributed by atoms with E-state index in [-0.39, 0.29) is 13.0 Å². The van der Waals surface area contributed by atoms with E-state index < -0.39 is 11.6 Å². The normalized spacial score (nSPS) is 9.93. The number of ether oxygens (including phenoxy) is 1. The zero-order valence-corrected chi connectivity index (χ0v) is 8.73. The van der Waals surface area contributed by atoms with Gasteiger partial charge in [0.1, 0.15) is 6.61 Å². The quantitative estimate of drug-likeness (QED) is 0.661. The summed E-state index contributed by atoms with van der Waals surface area (Å²) in [6.45, 7) is 2.13. The average molecular weight is 206 g/mol. The summed E-state index contributed by atoms with van der Waals surface area (Å²) in [7, 11) is 0. The van der Waals surface area contributed by atoms with Crippen LogP contribution in [0.4, 0.5) is 0 Å². The van der Waals surface area contributed by atoms with Gasteiger partial charge in [-0.2, -0.15) is 0 Å². The summed E-state index contributed by atoms with van der Waals surface area (Å²) in [5.41, 5.74) is 0.854. The van der Waals surface area contributed by atoms with E-state index >= 15 is 0 Å². The van der Waals surface area contributed by atoms with Crippen molar-refractivity contribution in [2.45, 2.75) is 13.3 Å². The molecule has 0 aromatic heterocycles. The number of rotatable bonds is 6. The van der Waals surface area contributed by atoms with Crippen molar-refractivity contribution >= 4 is 11.6 Å². The highest BCUT2D eigenvalue weighted by molar-refractivity contribution is 6.38. The summed E-state index contributed by atoms with van der Waals surface area (Å²) in [5.74, 6) is -0.852. The Morgan fingerprint density at radius 2 is 1.80 bits per heavy atom. The second kappa shape index (κ2) is 6.09. The molecule has 0 aliphatic rings. The van der Waals surface area contributed by atoms with Crippen LogP contribution in [0.2, 0.25) is 0 Å². The van der Waals surface area contributed by atoms with Crippen LogP contribution in [-0.4, -0.2) is 24.8 Å². The molecule has 0 radical (unpaired) electrons. The first kappa shape index (κ1) is 11.6. The van der Waals surface area contributed by atoms with E-state index in [9.17, 15) is 9.59 Å². The number of hydrogen-bond donors (Lipinski definition) is 0. The Labute approximate surface area is 89.1 Å². The van der Waals surface area contributed by atoms with E-state index in [0.29, 0.717) is 6.61 Å². The van der Waals surface area contributed by atoms with Crippen molar-refractivity contribution in [2.24, 2.45) is 0 Å². The molecule has 0 saturated carbocycles. The van der Waals surface area contributed by atoms with Crippen molar-refractivity contribution in [3.63, 3.8) is 0 Å². The molecule has 1 rings (SSSR count). The molecule has 0 heterocycles. The maximum absolute atomic E-state index is 11.4. The van der Waals surface area contributed by atoms with Crippen molar-refractivity contribution in [2.75, 3.05) is 13.2 Å². The number of Topliss-reactive ketones (excluding diaryl/α,β-unsaturated/α-hetero) is 2. The van der Waals surface area contributed by atoms with Gasteiger partial charge in [-0.3, -0.25) is 9.59 Å². The van der Waals surface area contributed by atoms with Crippen LogP contribution in [-0.2, 0) is 20.7 Å². The maximum Gasteiger partial charge on any atom is 0.224 e. The fourth-order valence-electron chi connectivity index (χ4n) is 1.16. The van der Waals surface area contributed by atoms with Gasteiger partial charge in [0.05, 0.1) is 0 Å². The van der Waals surface area contributed by atoms with Gasteiger partial charge >= 0.3 is 0 Å². The fraction of sp³-hybridized carbons (Fsp3) is 0.333. The molecule has 15 heavy (non-hydrogen) atoms. The Morgan fingerprint density at radius 3 is 2.40 bits per heavy atom. The average Bonchev–Trinajstić information content (AvgIpc) is 2.27. The Balaban J connectivity index is 2.45. The number of hydrogen-bond acceptors (Lipinski definition) is 3. The highest BCUT2D eigenvalue weighted by Crippen LogP contribution is 2.00. The third kappa shape index (κ3) is 4.04. The van der Waals surface area contributed by atoms with Crippen molar-refractivity contribution < 1.29 is 14.3 Å². The number of carbonyl (C=O) groups is 2. The molecule has 0 spiro atoms. The smallest absolute Gasteiger partial charge is 0.224 e. The van der Waals surface area contributed by atoms with Crippen LogP contribution in [0.25, 0.3) is 0 Å². The van der Waals surface area contributed by atoms with E-state index in [1.165, 1.54) is 0 Å². The minimum atomic E-state index is -0.458. The van der Waals surface area contributed by atoms with Crippen LogP contribution >= 0.6 is 0 Å². The molecule has 0 aliphatic heterocycles. The molecule has 0 atom stereocenters. The van der Waals surface area contributed by atoms with E-state index in [1.807, 2.05) is 30.3 Å². The standard InChI is InChI=1S/C12H14O3/c1-2-15-9-12(14)11(13)8-10-6-4-3-5-7-10/h3-7H,2,8-9H2,1H3. The first-order valence-electron chi connectivity index (χ1n) is 4.91. The van der Waals surface area contributed by atoms with Gasteiger partial charge in [-0.1, -0.05) is 30.3 Å². The molecule has 1 aromatic carbocycles. The van der Waals surface area contributed by atoms with Gasteiger partial charge in [-0.25, -0.2) is 0 Å². The molecular formula is C12H14O3. The zero-order chi connectivity index (χ0) is 11.1. The highest BCUT2D eigenvalue weighted by atomic mass is 16.5. The SMILES string of the molecule is CCOCC(=O)C(=O)Cc1ccccc1. The van der Waals surface area contributed by atoms with Crippen LogP contribution in [0.15, 0.2) is 30.3 Å². The number of carbonyl (C=O) groups excluding carboxylic acids is 2. The molecule has 0 aliphatic carbocycles. The zero-order valence-electron chi connectivity index (χ0n) is 8.73. The summed E-state index contributed by atoms with van der Waals surface area (Å²) in [4.78, 5) is 22.6. The van der Waals surface area contributed by atoms with E-state index in [1.54, 1.807) is 6.92 Å². The summed E-state index contributed by atoms with van der Waals surface area (Å²) < 4.78 is 4.88. The minimum absolute atomic E-state index is 0.109. The van der Waals surface area contributed by atoms with E-state index in [0.717, 1.165) is 5.56 Å². The van der Waals surface area contributed by atoms with Crippen LogP contribution in [0, 0.1) is 0 Å². The van der Waals surface area contributed by atoms with Crippen molar-refractivity contribution in [3.05, 3.63) is 35.9 Å². The van der Waals surface area contributed by atoms with Gasteiger partial charge in [-0.05, 0) is 12.5 Å². The molecule has 0 fully saturated rings. The number of ketones is 2. The third-order valence-corrected chi connectivity index (χ3v) is 1.96. The molecule has 80 valence electrons. The third-order valence-electron chi connectivity index (χ3n) is 1.96. The van der Waals surface area contributed by atoms with Crippen molar-refractivity contribution in [3.8, 4) is 0 Å². The maximum atomic E-state index is 11.4. The molecular weight excluding hydrogens is 192 g/mol. The predicted molar refractivity (Wildman–Crippen MR) is 56.7 cm³/mol. The second-order valence-corrected chi connectivity index (χ2v) is 3.15. The van der Waals surface area contributed by atoms with Gasteiger partial charge in [0.2, 0.25) is 11.6 Å². The van der Waals surface area contributed by atoms with Crippen molar-refractivity contribution in [1.29, 1.82) is 0 Å². The molecule has 3 heteroatoms. The Hall–Kier alpha value is -1.48. The predicted octanol–water partition coefficient (Wildman–Crippen LogP) is 1.40. The van der Waals surface area contributed by atoms with Crippen LogP contribution < -0.4 is 0 Å². The fourth-order valence-corrected chi connectivity index (χ4v) is 1.16. The lowest BCUT2D eigenvalue weighted by Crippen LogP contribution is -2.21. The molecule has 0 bridgehead atoms. The summed E-state index contributed by atoms with van der Waals surface area (Å²) in [6.07, 6.45) is 0.159. The first-order chi connectivity index (χ1) is 7.24. The summed E-state index contributed by atoms with van der Waals surface area (Å²) in [5, 5.41) is 0. The van der Waals surface area contributed by atoms with Crippen LogP contribution in [0.3, 0.4) is 0 Å². The monoisotopic (exact) mass is 206 g/mol. The molecule has 0 unspecified atom stereocenters. The van der Waals surface area contributed by atoms with E-state index in [2.05, 4.69) is 0 Å². The van der Waals surface area contributed by atoms with Gasteiger partial charge in [0, 0.05) is 13.0 Å². The molecule has 1 aromatic rings. The Kier molecular flexibility index (Phi) is 4.71.